The van der Waals surface area contributed by atoms with Crippen molar-refractivity contribution in [3.63, 3.8) is 0 Å². The van der Waals surface area contributed by atoms with Crippen LogP contribution in [0.1, 0.15) is 10.5 Å². The van der Waals surface area contributed by atoms with E-state index in [0.717, 1.165) is 0 Å². The van der Waals surface area contributed by atoms with Gasteiger partial charge in [-0.1, -0.05) is 35.3 Å². The maximum absolute atomic E-state index is 13.1. The van der Waals surface area contributed by atoms with Gasteiger partial charge in [-0.15, -0.1) is 0 Å². The lowest BCUT2D eigenvalue weighted by atomic mass is 10.3. The molecule has 1 amide bonds. The summed E-state index contributed by atoms with van der Waals surface area (Å²) in [6.07, 6.45) is 1.45. The Bertz CT molecular complexity index is 1470. The van der Waals surface area contributed by atoms with Gasteiger partial charge in [-0.3, -0.25) is 4.79 Å². The molecule has 0 radical (unpaired) electrons. The van der Waals surface area contributed by atoms with Gasteiger partial charge in [0.1, 0.15) is 17.2 Å². The van der Waals surface area contributed by atoms with E-state index in [1.807, 2.05) is 0 Å². The van der Waals surface area contributed by atoms with Gasteiger partial charge >= 0.3 is 0 Å². The number of sulfone groups is 1. The highest BCUT2D eigenvalue weighted by atomic mass is 35.5. The molecule has 1 N–H and O–H groups in total. The molecular weight excluding hydrogens is 513 g/mol. The lowest BCUT2D eigenvalue weighted by Gasteiger charge is -2.13. The number of benzene rings is 3. The fourth-order valence-corrected chi connectivity index (χ4v) is 4.82. The molecule has 11 heteroatoms. The molecule has 0 aliphatic rings. The first-order chi connectivity index (χ1) is 16.8. The molecule has 0 aliphatic carbocycles. The van der Waals surface area contributed by atoms with Gasteiger partial charge in [0, 0.05) is 23.0 Å². The van der Waals surface area contributed by atoms with Crippen LogP contribution in [0.2, 0.25) is 10.0 Å². The molecule has 4 aromatic rings. The third-order valence-corrected chi connectivity index (χ3v) is 7.25. The van der Waals surface area contributed by atoms with Crippen LogP contribution in [0.25, 0.3) is 0 Å². The SMILES string of the molecule is COc1cc(NC(=O)c2ccnn2COc2ccccc2Cl)cc(S(=O)(=O)c2ccc(Cl)cc2)c1. The number of rotatable bonds is 8. The monoisotopic (exact) mass is 531 g/mol. The number of hydrogen-bond acceptors (Lipinski definition) is 6. The minimum absolute atomic E-state index is 0.0509. The summed E-state index contributed by atoms with van der Waals surface area (Å²) in [6.45, 7) is -0.0617. The van der Waals surface area contributed by atoms with Crippen LogP contribution in [0.4, 0.5) is 5.69 Å². The Hall–Kier alpha value is -3.53. The molecule has 0 atom stereocenters. The Morgan fingerprint density at radius 3 is 2.46 bits per heavy atom. The van der Waals surface area contributed by atoms with Gasteiger partial charge in [-0.2, -0.15) is 5.10 Å². The first-order valence-electron chi connectivity index (χ1n) is 10.2. The maximum atomic E-state index is 13.1. The van der Waals surface area contributed by atoms with Crippen LogP contribution in [-0.2, 0) is 16.6 Å². The van der Waals surface area contributed by atoms with Crippen molar-refractivity contribution in [3.8, 4) is 11.5 Å². The van der Waals surface area contributed by atoms with E-state index in [2.05, 4.69) is 10.4 Å². The van der Waals surface area contributed by atoms with E-state index in [1.165, 1.54) is 66.5 Å². The van der Waals surface area contributed by atoms with Gasteiger partial charge in [0.15, 0.2) is 6.73 Å². The smallest absolute Gasteiger partial charge is 0.274 e. The van der Waals surface area contributed by atoms with E-state index in [9.17, 15) is 13.2 Å². The second-order valence-electron chi connectivity index (χ2n) is 7.23. The lowest BCUT2D eigenvalue weighted by molar-refractivity contribution is 0.100. The number of carbonyl (C=O) groups is 1. The topological polar surface area (TPSA) is 99.5 Å². The van der Waals surface area contributed by atoms with Gasteiger partial charge in [-0.05, 0) is 54.6 Å². The number of para-hydroxylation sites is 1. The second-order valence-corrected chi connectivity index (χ2v) is 10.0. The molecule has 0 saturated heterocycles. The van der Waals surface area contributed by atoms with Crippen molar-refractivity contribution in [2.75, 3.05) is 12.4 Å². The minimum Gasteiger partial charge on any atom is -0.497 e. The number of hydrogen-bond donors (Lipinski definition) is 1. The first-order valence-corrected chi connectivity index (χ1v) is 12.4. The quantitative estimate of drug-likeness (QED) is 0.330. The summed E-state index contributed by atoms with van der Waals surface area (Å²) in [5.74, 6) is 0.181. The molecule has 8 nitrogen and oxygen atoms in total. The number of halogens is 2. The highest BCUT2D eigenvalue weighted by Gasteiger charge is 2.21. The molecule has 1 aromatic heterocycles. The Morgan fingerprint density at radius 1 is 1.00 bits per heavy atom. The Balaban J connectivity index is 1.57. The maximum Gasteiger partial charge on any atom is 0.274 e. The molecule has 4 rings (SSSR count). The summed E-state index contributed by atoms with van der Waals surface area (Å²) < 4.78 is 38.5. The predicted octanol–water partition coefficient (Wildman–Crippen LogP) is 5.32. The second kappa shape index (κ2) is 10.4. The highest BCUT2D eigenvalue weighted by molar-refractivity contribution is 7.91. The Kier molecular flexibility index (Phi) is 7.30. The molecule has 35 heavy (non-hydrogen) atoms. The van der Waals surface area contributed by atoms with Crippen LogP contribution in [0.15, 0.2) is 88.8 Å². The summed E-state index contributed by atoms with van der Waals surface area (Å²) in [4.78, 5) is 13.0. The van der Waals surface area contributed by atoms with E-state index < -0.39 is 15.7 Å². The zero-order valence-electron chi connectivity index (χ0n) is 18.3. The normalized spacial score (nSPS) is 11.2. The van der Waals surface area contributed by atoms with E-state index in [-0.39, 0.29) is 33.7 Å². The zero-order valence-corrected chi connectivity index (χ0v) is 20.6. The van der Waals surface area contributed by atoms with E-state index in [4.69, 9.17) is 32.7 Å². The molecule has 3 aromatic carbocycles. The van der Waals surface area contributed by atoms with Gasteiger partial charge < -0.3 is 14.8 Å². The fraction of sp³-hybridized carbons (Fsp3) is 0.0833. The van der Waals surface area contributed by atoms with Gasteiger partial charge in [0.25, 0.3) is 5.91 Å². The molecule has 0 aliphatic heterocycles. The summed E-state index contributed by atoms with van der Waals surface area (Å²) in [5.41, 5.74) is 0.420. The van der Waals surface area contributed by atoms with Crippen molar-refractivity contribution < 1.29 is 22.7 Å². The molecule has 0 saturated carbocycles. The number of carbonyl (C=O) groups excluding carboxylic acids is 1. The van der Waals surface area contributed by atoms with Crippen LogP contribution in [0, 0.1) is 0 Å². The molecule has 180 valence electrons. The van der Waals surface area contributed by atoms with Gasteiger partial charge in [0.05, 0.1) is 21.9 Å². The molecular formula is C24H19Cl2N3O5S. The predicted molar refractivity (Wildman–Crippen MR) is 132 cm³/mol. The third-order valence-electron chi connectivity index (χ3n) is 4.94. The van der Waals surface area contributed by atoms with Crippen molar-refractivity contribution in [1.82, 2.24) is 9.78 Å². The van der Waals surface area contributed by atoms with Crippen molar-refractivity contribution in [2.24, 2.45) is 0 Å². The Morgan fingerprint density at radius 2 is 1.74 bits per heavy atom. The Labute approximate surface area is 211 Å². The summed E-state index contributed by atoms with van der Waals surface area (Å²) in [5, 5.41) is 7.65. The van der Waals surface area contributed by atoms with Gasteiger partial charge in [0.2, 0.25) is 9.84 Å². The van der Waals surface area contributed by atoms with Crippen molar-refractivity contribution in [3.05, 3.63) is 94.7 Å². The average molecular weight is 532 g/mol. The van der Waals surface area contributed by atoms with Crippen LogP contribution < -0.4 is 14.8 Å². The number of methoxy groups -OCH3 is 1. The fourth-order valence-electron chi connectivity index (χ4n) is 3.18. The van der Waals surface area contributed by atoms with Crippen LogP contribution >= 0.6 is 23.2 Å². The van der Waals surface area contributed by atoms with Gasteiger partial charge in [-0.25, -0.2) is 13.1 Å². The number of anilines is 1. The number of aromatic nitrogens is 2. The number of nitrogens with zero attached hydrogens (tertiary/aromatic N) is 2. The van der Waals surface area contributed by atoms with E-state index >= 15 is 0 Å². The van der Waals surface area contributed by atoms with Crippen LogP contribution in [-0.4, -0.2) is 31.2 Å². The first kappa shape index (κ1) is 24.6. The molecule has 0 spiro atoms. The minimum atomic E-state index is -3.89. The molecule has 1 heterocycles. The zero-order chi connectivity index (χ0) is 25.0. The largest absolute Gasteiger partial charge is 0.497 e. The summed E-state index contributed by atoms with van der Waals surface area (Å²) >= 11 is 12.0. The summed E-state index contributed by atoms with van der Waals surface area (Å²) in [6, 6.07) is 18.5. The van der Waals surface area contributed by atoms with Crippen molar-refractivity contribution in [2.45, 2.75) is 16.5 Å². The standard InChI is InChI=1S/C24H19Cl2N3O5S/c1-33-18-12-17(13-20(14-18)35(31,32)19-8-6-16(25)7-9-19)28-24(30)22-10-11-27-29(22)15-34-23-5-3-2-4-21(23)26/h2-14H,15H2,1H3,(H,28,30). The third kappa shape index (κ3) is 5.59. The van der Waals surface area contributed by atoms with Crippen LogP contribution in [0.5, 0.6) is 11.5 Å². The van der Waals surface area contributed by atoms with Crippen LogP contribution in [0.3, 0.4) is 0 Å². The number of nitrogens with one attached hydrogen (secondary N) is 1. The van der Waals surface area contributed by atoms with E-state index in [1.54, 1.807) is 24.3 Å². The average Bonchev–Trinajstić information content (AvgIpc) is 3.32. The number of amides is 1. The van der Waals surface area contributed by atoms with Crippen molar-refractivity contribution >= 4 is 44.6 Å². The molecule has 0 fully saturated rings. The lowest BCUT2D eigenvalue weighted by Crippen LogP contribution is -2.20. The van der Waals surface area contributed by atoms with Crippen molar-refractivity contribution in [1.29, 1.82) is 0 Å². The van der Waals surface area contributed by atoms with E-state index in [0.29, 0.717) is 15.8 Å². The molecule has 0 bridgehead atoms. The molecule has 0 unspecified atom stereocenters. The summed E-state index contributed by atoms with van der Waals surface area (Å²) in [7, 11) is -2.49. The highest BCUT2D eigenvalue weighted by Crippen LogP contribution is 2.29. The number of ether oxygens (including phenoxy) is 2.